The zero-order valence-electron chi connectivity index (χ0n) is 19.8. The lowest BCUT2D eigenvalue weighted by atomic mass is 10.1. The van der Waals surface area contributed by atoms with Crippen LogP contribution in [0, 0.1) is 6.92 Å². The Bertz CT molecular complexity index is 1140. The molecule has 0 aliphatic carbocycles. The van der Waals surface area contributed by atoms with Crippen molar-refractivity contribution in [1.29, 1.82) is 0 Å². The summed E-state index contributed by atoms with van der Waals surface area (Å²) in [5.41, 5.74) is 2.47. The standard InChI is InChI=1S/C26H29ClN4O4/c1-18-5-6-19(27)16-22(18)29-26(33)25(32)28-17-23(24-4-3-15-35-24)31-13-11-30(12-14-31)20-7-9-21(34-2)10-8-20/h3-10,15-16,23H,11-14,17H2,1-2H3,(H,28,32)(H,29,33). The fourth-order valence-electron chi connectivity index (χ4n) is 4.15. The number of nitrogens with one attached hydrogen (secondary N) is 2. The van der Waals surface area contributed by atoms with Gasteiger partial charge in [-0.25, -0.2) is 0 Å². The number of piperazine rings is 1. The Morgan fingerprint density at radius 1 is 1.06 bits per heavy atom. The third kappa shape index (κ3) is 6.15. The minimum Gasteiger partial charge on any atom is -0.497 e. The van der Waals surface area contributed by atoms with E-state index in [1.807, 2.05) is 31.2 Å². The first-order chi connectivity index (χ1) is 16.9. The van der Waals surface area contributed by atoms with Gasteiger partial charge in [0.25, 0.3) is 0 Å². The summed E-state index contributed by atoms with van der Waals surface area (Å²) in [6, 6.07) is 16.7. The van der Waals surface area contributed by atoms with Gasteiger partial charge in [0.1, 0.15) is 11.5 Å². The molecule has 35 heavy (non-hydrogen) atoms. The maximum absolute atomic E-state index is 12.6. The van der Waals surface area contributed by atoms with E-state index in [1.54, 1.807) is 31.6 Å². The molecule has 184 valence electrons. The molecule has 1 aliphatic heterocycles. The number of carbonyl (C=O) groups is 2. The third-order valence-corrected chi connectivity index (χ3v) is 6.41. The van der Waals surface area contributed by atoms with E-state index >= 15 is 0 Å². The van der Waals surface area contributed by atoms with E-state index in [4.69, 9.17) is 20.8 Å². The van der Waals surface area contributed by atoms with E-state index in [-0.39, 0.29) is 12.6 Å². The molecule has 1 aromatic heterocycles. The number of ether oxygens (including phenoxy) is 1. The zero-order valence-corrected chi connectivity index (χ0v) is 20.5. The van der Waals surface area contributed by atoms with Crippen LogP contribution in [0.1, 0.15) is 17.4 Å². The van der Waals surface area contributed by atoms with Crippen LogP contribution in [0.25, 0.3) is 0 Å². The quantitative estimate of drug-likeness (QED) is 0.483. The van der Waals surface area contributed by atoms with Crippen molar-refractivity contribution >= 4 is 34.8 Å². The summed E-state index contributed by atoms with van der Waals surface area (Å²) in [5, 5.41) is 5.88. The van der Waals surface area contributed by atoms with Crippen molar-refractivity contribution < 1.29 is 18.7 Å². The van der Waals surface area contributed by atoms with Crippen LogP contribution in [-0.4, -0.2) is 56.5 Å². The zero-order chi connectivity index (χ0) is 24.8. The molecule has 3 aromatic rings. The van der Waals surface area contributed by atoms with Crippen LogP contribution in [-0.2, 0) is 9.59 Å². The lowest BCUT2D eigenvalue weighted by Crippen LogP contribution is -2.50. The monoisotopic (exact) mass is 496 g/mol. The number of halogens is 1. The molecule has 2 heterocycles. The summed E-state index contributed by atoms with van der Waals surface area (Å²) >= 11 is 6.01. The molecular weight excluding hydrogens is 468 g/mol. The number of nitrogens with zero attached hydrogens (tertiary/aromatic N) is 2. The van der Waals surface area contributed by atoms with Gasteiger partial charge in [-0.05, 0) is 61.0 Å². The molecule has 2 aromatic carbocycles. The van der Waals surface area contributed by atoms with Crippen LogP contribution in [0.2, 0.25) is 5.02 Å². The normalized spacial score (nSPS) is 14.9. The summed E-state index contributed by atoms with van der Waals surface area (Å²) < 4.78 is 10.9. The highest BCUT2D eigenvalue weighted by atomic mass is 35.5. The molecule has 2 N–H and O–H groups in total. The van der Waals surface area contributed by atoms with Crippen molar-refractivity contribution in [3.8, 4) is 5.75 Å². The molecule has 0 saturated carbocycles. The van der Waals surface area contributed by atoms with Crippen molar-refractivity contribution in [3.05, 3.63) is 77.2 Å². The van der Waals surface area contributed by atoms with Crippen LogP contribution in [0.5, 0.6) is 5.75 Å². The van der Waals surface area contributed by atoms with Crippen LogP contribution >= 0.6 is 11.6 Å². The van der Waals surface area contributed by atoms with Crippen molar-refractivity contribution in [3.63, 3.8) is 0 Å². The molecule has 1 aliphatic rings. The van der Waals surface area contributed by atoms with Gasteiger partial charge >= 0.3 is 11.8 Å². The van der Waals surface area contributed by atoms with Gasteiger partial charge in [0, 0.05) is 49.1 Å². The Balaban J connectivity index is 1.36. The summed E-state index contributed by atoms with van der Waals surface area (Å²) in [6.07, 6.45) is 1.62. The second kappa shape index (κ2) is 11.3. The SMILES string of the molecule is COc1ccc(N2CCN(C(CNC(=O)C(=O)Nc3cc(Cl)ccc3C)c3ccco3)CC2)cc1. The Hall–Kier alpha value is -3.49. The predicted octanol–water partition coefficient (Wildman–Crippen LogP) is 3.87. The van der Waals surface area contributed by atoms with Gasteiger partial charge in [-0.3, -0.25) is 14.5 Å². The molecule has 1 fully saturated rings. The summed E-state index contributed by atoms with van der Waals surface area (Å²) in [5.74, 6) is 0.126. The van der Waals surface area contributed by atoms with Gasteiger partial charge in [-0.2, -0.15) is 0 Å². The number of aryl methyl sites for hydroxylation is 1. The van der Waals surface area contributed by atoms with Gasteiger partial charge in [0.15, 0.2) is 0 Å². The van der Waals surface area contributed by atoms with Gasteiger partial charge in [0.05, 0.1) is 19.4 Å². The first-order valence-corrected chi connectivity index (χ1v) is 11.8. The molecule has 0 radical (unpaired) electrons. The van der Waals surface area contributed by atoms with E-state index in [1.165, 1.54) is 0 Å². The first kappa shape index (κ1) is 24.6. The molecular formula is C26H29ClN4O4. The minimum atomic E-state index is -0.738. The number of furan rings is 1. The highest BCUT2D eigenvalue weighted by Gasteiger charge is 2.28. The largest absolute Gasteiger partial charge is 0.497 e. The van der Waals surface area contributed by atoms with Crippen molar-refractivity contribution in [1.82, 2.24) is 10.2 Å². The summed E-state index contributed by atoms with van der Waals surface area (Å²) in [6.45, 7) is 5.29. The van der Waals surface area contributed by atoms with E-state index in [0.717, 1.165) is 48.9 Å². The number of anilines is 2. The molecule has 9 heteroatoms. The average molecular weight is 497 g/mol. The first-order valence-electron chi connectivity index (χ1n) is 11.5. The van der Waals surface area contributed by atoms with Crippen LogP contribution in [0.15, 0.2) is 65.3 Å². The maximum Gasteiger partial charge on any atom is 0.313 e. The molecule has 1 unspecified atom stereocenters. The van der Waals surface area contributed by atoms with Crippen LogP contribution in [0.3, 0.4) is 0 Å². The molecule has 2 amide bonds. The number of carbonyl (C=O) groups excluding carboxylic acids is 2. The fourth-order valence-corrected chi connectivity index (χ4v) is 4.33. The van der Waals surface area contributed by atoms with Crippen molar-refractivity contribution in [2.45, 2.75) is 13.0 Å². The maximum atomic E-state index is 12.6. The lowest BCUT2D eigenvalue weighted by Gasteiger charge is -2.39. The summed E-state index contributed by atoms with van der Waals surface area (Å²) in [7, 11) is 1.66. The number of amides is 2. The molecule has 0 spiro atoms. The second-order valence-corrected chi connectivity index (χ2v) is 8.81. The van der Waals surface area contributed by atoms with E-state index in [9.17, 15) is 9.59 Å². The van der Waals surface area contributed by atoms with E-state index in [0.29, 0.717) is 10.7 Å². The van der Waals surface area contributed by atoms with Crippen molar-refractivity contribution in [2.24, 2.45) is 0 Å². The Morgan fingerprint density at radius 2 is 1.80 bits per heavy atom. The number of hydrogen-bond donors (Lipinski definition) is 2. The molecule has 8 nitrogen and oxygen atoms in total. The number of methoxy groups -OCH3 is 1. The van der Waals surface area contributed by atoms with Crippen LogP contribution < -0.4 is 20.3 Å². The molecule has 4 rings (SSSR count). The predicted molar refractivity (Wildman–Crippen MR) is 136 cm³/mol. The Morgan fingerprint density at radius 3 is 2.46 bits per heavy atom. The van der Waals surface area contributed by atoms with Gasteiger partial charge in [-0.15, -0.1) is 0 Å². The lowest BCUT2D eigenvalue weighted by molar-refractivity contribution is -0.136. The second-order valence-electron chi connectivity index (χ2n) is 8.38. The van der Waals surface area contributed by atoms with E-state index < -0.39 is 11.8 Å². The van der Waals surface area contributed by atoms with Crippen molar-refractivity contribution in [2.75, 3.05) is 50.1 Å². The topological polar surface area (TPSA) is 87.0 Å². The molecule has 1 atom stereocenters. The number of rotatable bonds is 7. The number of benzene rings is 2. The van der Waals surface area contributed by atoms with Gasteiger partial charge in [0.2, 0.25) is 0 Å². The highest BCUT2D eigenvalue weighted by molar-refractivity contribution is 6.40. The smallest absolute Gasteiger partial charge is 0.313 e. The van der Waals surface area contributed by atoms with Crippen LogP contribution in [0.4, 0.5) is 11.4 Å². The van der Waals surface area contributed by atoms with E-state index in [2.05, 4.69) is 32.6 Å². The Kier molecular flexibility index (Phi) is 7.94. The molecule has 0 bridgehead atoms. The third-order valence-electron chi connectivity index (χ3n) is 6.17. The molecule has 1 saturated heterocycles. The minimum absolute atomic E-state index is 0.187. The van der Waals surface area contributed by atoms with Gasteiger partial charge < -0.3 is 24.7 Å². The highest BCUT2D eigenvalue weighted by Crippen LogP contribution is 2.26. The fraction of sp³-hybridized carbons (Fsp3) is 0.308. The van der Waals surface area contributed by atoms with Gasteiger partial charge in [-0.1, -0.05) is 17.7 Å². The average Bonchev–Trinajstić information content (AvgIpc) is 3.41. The number of hydrogen-bond acceptors (Lipinski definition) is 6. The summed E-state index contributed by atoms with van der Waals surface area (Å²) in [4.78, 5) is 29.6. The Labute approximate surface area is 209 Å².